The number of nitrogens with one attached hydrogen (secondary N) is 1. The number of H-pyrrole nitrogens is 1. The van der Waals surface area contributed by atoms with Gasteiger partial charge in [-0.1, -0.05) is 0 Å². The van der Waals surface area contributed by atoms with Gasteiger partial charge in [0.2, 0.25) is 0 Å². The van der Waals surface area contributed by atoms with Crippen molar-refractivity contribution in [2.24, 2.45) is 0 Å². The number of aliphatic hydroxyl groups is 1. The van der Waals surface area contributed by atoms with Crippen LogP contribution in [0.3, 0.4) is 0 Å². The van der Waals surface area contributed by atoms with Gasteiger partial charge in [-0.15, -0.1) is 0 Å². The predicted octanol–water partition coefficient (Wildman–Crippen LogP) is -0.943. The van der Waals surface area contributed by atoms with Crippen molar-refractivity contribution in [3.05, 3.63) is 31.5 Å². The third-order valence-electron chi connectivity index (χ3n) is 2.85. The van der Waals surface area contributed by atoms with Gasteiger partial charge >= 0.3 is 13.5 Å². The van der Waals surface area contributed by atoms with Gasteiger partial charge in [-0.25, -0.2) is 9.36 Å². The van der Waals surface area contributed by atoms with E-state index in [1.54, 1.807) is 0 Å². The van der Waals surface area contributed by atoms with Gasteiger partial charge in [-0.3, -0.25) is 18.9 Å². The molecule has 0 saturated carbocycles. The second-order valence-electron chi connectivity index (χ2n) is 4.36. The Labute approximate surface area is 125 Å². The number of aromatic amines is 1. The highest BCUT2D eigenvalue weighted by molar-refractivity contribution is 9.10. The van der Waals surface area contributed by atoms with Crippen LogP contribution in [0.25, 0.3) is 0 Å². The number of hydrogen-bond donors (Lipinski definition) is 4. The van der Waals surface area contributed by atoms with Crippen LogP contribution in [0.4, 0.5) is 0 Å². The molecule has 0 spiro atoms. The number of rotatable bonds is 4. The van der Waals surface area contributed by atoms with Crippen LogP contribution in [0.1, 0.15) is 12.6 Å². The van der Waals surface area contributed by atoms with Gasteiger partial charge in [0.1, 0.15) is 12.3 Å². The molecule has 118 valence electrons. The zero-order valence-electron chi connectivity index (χ0n) is 10.4. The summed E-state index contributed by atoms with van der Waals surface area (Å²) < 4.78 is 21.4. The maximum absolute atomic E-state index is 11.7. The topological polar surface area (TPSA) is 151 Å². The van der Waals surface area contributed by atoms with E-state index in [2.05, 4.69) is 25.4 Å². The maximum atomic E-state index is 11.7. The summed E-state index contributed by atoms with van der Waals surface area (Å²) in [6.45, 7) is -0.527. The normalized spacial score (nSPS) is 26.2. The molecule has 0 amide bonds. The fourth-order valence-corrected chi connectivity index (χ4v) is 2.54. The second-order valence-corrected chi connectivity index (χ2v) is 6.46. The quantitative estimate of drug-likeness (QED) is 0.483. The van der Waals surface area contributed by atoms with E-state index in [4.69, 9.17) is 14.5 Å². The molecular weight excluding hydrogens is 375 g/mol. The molecule has 21 heavy (non-hydrogen) atoms. The molecule has 12 heteroatoms. The first kappa shape index (κ1) is 16.6. The van der Waals surface area contributed by atoms with Crippen molar-refractivity contribution in [2.75, 3.05) is 6.61 Å². The fraction of sp³-hybridized carbons (Fsp3) is 0.556. The first-order valence-electron chi connectivity index (χ1n) is 5.72. The number of aromatic nitrogens is 2. The molecule has 3 atom stereocenters. The molecule has 0 aromatic carbocycles. The highest BCUT2D eigenvalue weighted by Gasteiger charge is 2.37. The lowest BCUT2D eigenvalue weighted by Gasteiger charge is -2.16. The molecule has 1 aliphatic heterocycles. The highest BCUT2D eigenvalue weighted by Crippen LogP contribution is 2.38. The van der Waals surface area contributed by atoms with Gasteiger partial charge in [0, 0.05) is 12.6 Å². The number of phosphoric ester groups is 1. The lowest BCUT2D eigenvalue weighted by molar-refractivity contribution is -0.0451. The van der Waals surface area contributed by atoms with Crippen LogP contribution in [-0.4, -0.2) is 43.3 Å². The van der Waals surface area contributed by atoms with Crippen LogP contribution in [0, 0.1) is 0 Å². The number of hydrogen-bond acceptors (Lipinski definition) is 6. The SMILES string of the molecule is O=c1[nH]c(=O)n([C@@H]2C[C@@H](O)[C@@H](COP(=O)(O)O)O2)cc1Br. The van der Waals surface area contributed by atoms with Crippen LogP contribution >= 0.6 is 23.8 Å². The van der Waals surface area contributed by atoms with Crippen molar-refractivity contribution in [1.29, 1.82) is 0 Å². The molecule has 0 unspecified atom stereocenters. The Morgan fingerprint density at radius 1 is 1.52 bits per heavy atom. The highest BCUT2D eigenvalue weighted by atomic mass is 79.9. The molecule has 0 aliphatic carbocycles. The average Bonchev–Trinajstić information content (AvgIpc) is 2.72. The molecule has 2 rings (SSSR count). The Bertz CT molecular complexity index is 681. The van der Waals surface area contributed by atoms with Crippen LogP contribution in [-0.2, 0) is 13.8 Å². The summed E-state index contributed by atoms with van der Waals surface area (Å²) in [6, 6.07) is 0. The van der Waals surface area contributed by atoms with Gasteiger partial charge in [0.05, 0.1) is 17.2 Å². The molecule has 1 aromatic rings. The number of phosphoric acid groups is 1. The first-order chi connectivity index (χ1) is 9.67. The van der Waals surface area contributed by atoms with Crippen molar-refractivity contribution in [3.63, 3.8) is 0 Å². The molecule has 1 aromatic heterocycles. The van der Waals surface area contributed by atoms with Crippen molar-refractivity contribution in [1.82, 2.24) is 9.55 Å². The lowest BCUT2D eigenvalue weighted by atomic mass is 10.2. The molecule has 0 radical (unpaired) electrons. The summed E-state index contributed by atoms with van der Waals surface area (Å²) in [5, 5.41) is 9.78. The van der Waals surface area contributed by atoms with Crippen molar-refractivity contribution < 1.29 is 28.7 Å². The fourth-order valence-electron chi connectivity index (χ4n) is 1.88. The lowest BCUT2D eigenvalue weighted by Crippen LogP contribution is -2.32. The molecule has 4 N–H and O–H groups in total. The van der Waals surface area contributed by atoms with Gasteiger partial charge < -0.3 is 19.6 Å². The predicted molar refractivity (Wildman–Crippen MR) is 71.6 cm³/mol. The van der Waals surface area contributed by atoms with Crippen LogP contribution in [0.15, 0.2) is 20.3 Å². The standard InChI is InChI=1S/C9H12BrN2O8P/c10-4-2-12(9(15)11-8(4)14)7-1-5(13)6(20-7)3-19-21(16,17)18/h2,5-7,13H,1,3H2,(H,11,14,15)(H2,16,17,18)/t5-,6-,7+/m1/s1. The number of halogens is 1. The van der Waals surface area contributed by atoms with Crippen LogP contribution < -0.4 is 11.2 Å². The Morgan fingerprint density at radius 2 is 2.19 bits per heavy atom. The molecular formula is C9H12BrN2O8P. The van der Waals surface area contributed by atoms with Crippen LogP contribution in [0.2, 0.25) is 0 Å². The van der Waals surface area contributed by atoms with E-state index in [0.29, 0.717) is 0 Å². The summed E-state index contributed by atoms with van der Waals surface area (Å²) in [6.07, 6.45) is -1.73. The first-order valence-corrected chi connectivity index (χ1v) is 8.04. The summed E-state index contributed by atoms with van der Waals surface area (Å²) >= 11 is 2.97. The van der Waals surface area contributed by atoms with Gasteiger partial charge in [-0.2, -0.15) is 0 Å². The van der Waals surface area contributed by atoms with Crippen molar-refractivity contribution in [2.45, 2.75) is 24.9 Å². The smallest absolute Gasteiger partial charge is 0.390 e. The minimum absolute atomic E-state index is 0.00752. The zero-order valence-corrected chi connectivity index (χ0v) is 12.9. The summed E-state index contributed by atoms with van der Waals surface area (Å²) in [5.41, 5.74) is -1.33. The van der Waals surface area contributed by atoms with E-state index < -0.39 is 44.1 Å². The van der Waals surface area contributed by atoms with Gasteiger partial charge in [0.25, 0.3) is 5.56 Å². The number of nitrogens with zero attached hydrogens (tertiary/aromatic N) is 1. The largest absolute Gasteiger partial charge is 0.469 e. The third-order valence-corrected chi connectivity index (χ3v) is 3.90. The molecule has 1 saturated heterocycles. The van der Waals surface area contributed by atoms with Crippen molar-refractivity contribution in [3.8, 4) is 0 Å². The average molecular weight is 387 g/mol. The van der Waals surface area contributed by atoms with Gasteiger partial charge in [-0.05, 0) is 15.9 Å². The summed E-state index contributed by atoms with van der Waals surface area (Å²) in [5.74, 6) is 0. The number of aliphatic hydroxyl groups excluding tert-OH is 1. The summed E-state index contributed by atoms with van der Waals surface area (Å²) in [7, 11) is -4.67. The molecule has 1 fully saturated rings. The van der Waals surface area contributed by atoms with E-state index in [0.717, 1.165) is 4.57 Å². The molecule has 1 aliphatic rings. The Hall–Kier alpha value is -0.810. The van der Waals surface area contributed by atoms with Crippen molar-refractivity contribution >= 4 is 23.8 Å². The van der Waals surface area contributed by atoms with Gasteiger partial charge in [0.15, 0.2) is 0 Å². The monoisotopic (exact) mass is 386 g/mol. The van der Waals surface area contributed by atoms with E-state index in [1.807, 2.05) is 0 Å². The zero-order chi connectivity index (χ0) is 15.8. The van der Waals surface area contributed by atoms with E-state index in [9.17, 15) is 19.3 Å². The van der Waals surface area contributed by atoms with E-state index in [-0.39, 0.29) is 10.9 Å². The van der Waals surface area contributed by atoms with Crippen LogP contribution in [0.5, 0.6) is 0 Å². The minimum atomic E-state index is -4.67. The molecule has 10 nitrogen and oxygen atoms in total. The molecule has 2 heterocycles. The van der Waals surface area contributed by atoms with E-state index in [1.165, 1.54) is 6.20 Å². The Balaban J connectivity index is 2.14. The maximum Gasteiger partial charge on any atom is 0.469 e. The second kappa shape index (κ2) is 6.13. The summed E-state index contributed by atoms with van der Waals surface area (Å²) in [4.78, 5) is 42.2. The molecule has 0 bridgehead atoms. The number of ether oxygens (including phenoxy) is 1. The van der Waals surface area contributed by atoms with E-state index >= 15 is 0 Å². The third kappa shape index (κ3) is 4.10. The Morgan fingerprint density at radius 3 is 2.81 bits per heavy atom. The minimum Gasteiger partial charge on any atom is -0.390 e. The Kier molecular flexibility index (Phi) is 4.83.